The summed E-state index contributed by atoms with van der Waals surface area (Å²) in [5, 5.41) is 8.01. The van der Waals surface area contributed by atoms with Gasteiger partial charge in [-0.3, -0.25) is 0 Å². The molecule has 0 aliphatic heterocycles. The third-order valence-electron chi connectivity index (χ3n) is 2.74. The molecule has 2 rings (SSSR count). The van der Waals surface area contributed by atoms with Crippen LogP contribution in [0.4, 0.5) is 4.39 Å². The molecule has 0 spiro atoms. The molecule has 0 amide bonds. The molecule has 2 N–H and O–H groups in total. The van der Waals surface area contributed by atoms with E-state index < -0.39 is 5.82 Å². The number of hydrogen-bond donors (Lipinski definition) is 1. The summed E-state index contributed by atoms with van der Waals surface area (Å²) in [6, 6.07) is 4.75. The van der Waals surface area contributed by atoms with Crippen LogP contribution in [0, 0.1) is 5.82 Å². The van der Waals surface area contributed by atoms with Gasteiger partial charge in [-0.2, -0.15) is 0 Å². The van der Waals surface area contributed by atoms with E-state index in [9.17, 15) is 4.39 Å². The molecule has 6 heteroatoms. The Morgan fingerprint density at radius 1 is 1.50 bits per heavy atom. The maximum atomic E-state index is 13.7. The topological polar surface area (TPSA) is 56.7 Å². The van der Waals surface area contributed by atoms with E-state index in [1.54, 1.807) is 23.0 Å². The lowest BCUT2D eigenvalue weighted by molar-refractivity contribution is 0.577. The van der Waals surface area contributed by atoms with Crippen molar-refractivity contribution in [1.29, 1.82) is 0 Å². The van der Waals surface area contributed by atoms with Crippen molar-refractivity contribution < 1.29 is 4.39 Å². The van der Waals surface area contributed by atoms with Crippen molar-refractivity contribution in [2.75, 3.05) is 0 Å². The molecule has 0 aliphatic rings. The number of rotatable bonds is 4. The van der Waals surface area contributed by atoms with Crippen molar-refractivity contribution in [2.45, 2.75) is 25.9 Å². The first-order valence-corrected chi connectivity index (χ1v) is 6.08. The van der Waals surface area contributed by atoms with Crippen LogP contribution in [-0.2, 0) is 6.54 Å². The monoisotopic (exact) mass is 268 g/mol. The first kappa shape index (κ1) is 13.0. The van der Waals surface area contributed by atoms with Crippen LogP contribution in [0.5, 0.6) is 0 Å². The summed E-state index contributed by atoms with van der Waals surface area (Å²) in [6.07, 6.45) is 2.51. The van der Waals surface area contributed by atoms with Gasteiger partial charge >= 0.3 is 0 Å². The molecule has 0 bridgehead atoms. The third-order valence-corrected chi connectivity index (χ3v) is 3.03. The zero-order chi connectivity index (χ0) is 13.1. The average Bonchev–Trinajstić information content (AvgIpc) is 2.82. The zero-order valence-electron chi connectivity index (χ0n) is 9.98. The molecule has 0 fully saturated rings. The first-order valence-electron chi connectivity index (χ1n) is 5.70. The molecule has 1 aromatic carbocycles. The predicted octanol–water partition coefficient (Wildman–Crippen LogP) is 2.53. The average molecular weight is 269 g/mol. The Kier molecular flexibility index (Phi) is 3.93. The Morgan fingerprint density at radius 3 is 3.00 bits per heavy atom. The molecular weight excluding hydrogens is 255 g/mol. The number of benzene rings is 1. The standard InChI is InChI=1S/C12H14ClFN4/c1-2-10(15)11-7-18(17-16-11)6-8-4-3-5-9(13)12(8)14/h3-5,7,10H,2,6,15H2,1H3. The molecule has 1 heterocycles. The molecule has 2 aromatic rings. The molecule has 1 aromatic heterocycles. The van der Waals surface area contributed by atoms with E-state index in [0.717, 1.165) is 6.42 Å². The second-order valence-electron chi connectivity index (χ2n) is 4.07. The minimum atomic E-state index is -0.420. The van der Waals surface area contributed by atoms with Gasteiger partial charge in [0.25, 0.3) is 0 Å². The van der Waals surface area contributed by atoms with E-state index in [1.165, 1.54) is 6.07 Å². The lowest BCUT2D eigenvalue weighted by Crippen LogP contribution is -2.08. The van der Waals surface area contributed by atoms with Crippen LogP contribution in [0.15, 0.2) is 24.4 Å². The van der Waals surface area contributed by atoms with E-state index >= 15 is 0 Å². The van der Waals surface area contributed by atoms with Crippen LogP contribution in [0.25, 0.3) is 0 Å². The highest BCUT2D eigenvalue weighted by molar-refractivity contribution is 6.30. The van der Waals surface area contributed by atoms with Gasteiger partial charge in [-0.05, 0) is 12.5 Å². The normalized spacial score (nSPS) is 12.7. The van der Waals surface area contributed by atoms with E-state index in [4.69, 9.17) is 17.3 Å². The van der Waals surface area contributed by atoms with Crippen LogP contribution < -0.4 is 5.73 Å². The Bertz CT molecular complexity index is 541. The van der Waals surface area contributed by atoms with Crippen LogP contribution >= 0.6 is 11.6 Å². The highest BCUT2D eigenvalue weighted by Gasteiger charge is 2.11. The van der Waals surface area contributed by atoms with E-state index in [-0.39, 0.29) is 17.6 Å². The van der Waals surface area contributed by atoms with E-state index in [1.807, 2.05) is 6.92 Å². The van der Waals surface area contributed by atoms with Gasteiger partial charge in [0, 0.05) is 5.56 Å². The second-order valence-corrected chi connectivity index (χ2v) is 4.48. The Morgan fingerprint density at radius 2 is 2.28 bits per heavy atom. The molecular formula is C12H14ClFN4. The van der Waals surface area contributed by atoms with Gasteiger partial charge in [0.1, 0.15) is 5.82 Å². The molecule has 0 radical (unpaired) electrons. The first-order chi connectivity index (χ1) is 8.61. The fourth-order valence-corrected chi connectivity index (χ4v) is 1.81. The molecule has 0 saturated carbocycles. The summed E-state index contributed by atoms with van der Waals surface area (Å²) in [4.78, 5) is 0. The Hall–Kier alpha value is -1.46. The predicted molar refractivity (Wildman–Crippen MR) is 67.8 cm³/mol. The number of aromatic nitrogens is 3. The number of nitrogens with zero attached hydrogens (tertiary/aromatic N) is 3. The summed E-state index contributed by atoms with van der Waals surface area (Å²) in [7, 11) is 0. The van der Waals surface area contributed by atoms with Crippen molar-refractivity contribution in [2.24, 2.45) is 5.73 Å². The Balaban J connectivity index is 2.19. The van der Waals surface area contributed by atoms with Crippen LogP contribution in [0.1, 0.15) is 30.6 Å². The van der Waals surface area contributed by atoms with Crippen molar-refractivity contribution in [3.63, 3.8) is 0 Å². The van der Waals surface area contributed by atoms with Gasteiger partial charge in [0.2, 0.25) is 0 Å². The molecule has 1 unspecified atom stereocenters. The van der Waals surface area contributed by atoms with Crippen LogP contribution in [0.3, 0.4) is 0 Å². The fourth-order valence-electron chi connectivity index (χ4n) is 1.61. The molecule has 96 valence electrons. The van der Waals surface area contributed by atoms with Crippen LogP contribution in [0.2, 0.25) is 5.02 Å². The largest absolute Gasteiger partial charge is 0.323 e. The van der Waals surface area contributed by atoms with E-state index in [2.05, 4.69) is 10.3 Å². The lowest BCUT2D eigenvalue weighted by atomic mass is 10.2. The summed E-state index contributed by atoms with van der Waals surface area (Å²) in [6.45, 7) is 2.26. The summed E-state index contributed by atoms with van der Waals surface area (Å²) < 4.78 is 15.3. The number of hydrogen-bond acceptors (Lipinski definition) is 3. The van der Waals surface area contributed by atoms with Gasteiger partial charge < -0.3 is 5.73 Å². The molecule has 4 nitrogen and oxygen atoms in total. The quantitative estimate of drug-likeness (QED) is 0.927. The summed E-state index contributed by atoms with van der Waals surface area (Å²) in [5.41, 5.74) is 7.03. The smallest absolute Gasteiger partial charge is 0.146 e. The van der Waals surface area contributed by atoms with Crippen molar-refractivity contribution in [3.05, 3.63) is 46.5 Å². The summed E-state index contributed by atoms with van der Waals surface area (Å²) >= 11 is 5.72. The molecule has 0 saturated heterocycles. The van der Waals surface area contributed by atoms with Gasteiger partial charge in [0.15, 0.2) is 0 Å². The van der Waals surface area contributed by atoms with Gasteiger partial charge in [0.05, 0.1) is 29.5 Å². The number of halogens is 2. The third kappa shape index (κ3) is 2.68. The maximum Gasteiger partial charge on any atom is 0.146 e. The van der Waals surface area contributed by atoms with Gasteiger partial charge in [-0.25, -0.2) is 9.07 Å². The zero-order valence-corrected chi connectivity index (χ0v) is 10.7. The summed E-state index contributed by atoms with van der Waals surface area (Å²) in [5.74, 6) is -0.420. The van der Waals surface area contributed by atoms with Crippen molar-refractivity contribution in [1.82, 2.24) is 15.0 Å². The Labute approximate surface area is 110 Å². The van der Waals surface area contributed by atoms with Gasteiger partial charge in [-0.15, -0.1) is 5.10 Å². The second kappa shape index (κ2) is 5.46. The lowest BCUT2D eigenvalue weighted by Gasteiger charge is -2.04. The molecule has 1 atom stereocenters. The van der Waals surface area contributed by atoms with Crippen LogP contribution in [-0.4, -0.2) is 15.0 Å². The maximum absolute atomic E-state index is 13.7. The molecule has 18 heavy (non-hydrogen) atoms. The highest BCUT2D eigenvalue weighted by Crippen LogP contribution is 2.19. The van der Waals surface area contributed by atoms with Crippen molar-refractivity contribution in [3.8, 4) is 0 Å². The molecule has 0 aliphatic carbocycles. The van der Waals surface area contributed by atoms with Gasteiger partial charge in [-0.1, -0.05) is 35.9 Å². The minimum absolute atomic E-state index is 0.109. The van der Waals surface area contributed by atoms with Crippen molar-refractivity contribution >= 4 is 11.6 Å². The fraction of sp³-hybridized carbons (Fsp3) is 0.333. The SMILES string of the molecule is CCC(N)c1cn(Cc2cccc(Cl)c2F)nn1. The highest BCUT2D eigenvalue weighted by atomic mass is 35.5. The van der Waals surface area contributed by atoms with E-state index in [0.29, 0.717) is 11.3 Å². The minimum Gasteiger partial charge on any atom is -0.323 e. The number of nitrogens with two attached hydrogens (primary N) is 1.